The summed E-state index contributed by atoms with van der Waals surface area (Å²) in [6.07, 6.45) is 0. The predicted octanol–water partition coefficient (Wildman–Crippen LogP) is 2.17. The Labute approximate surface area is 128 Å². The molecule has 0 saturated carbocycles. The van der Waals surface area contributed by atoms with Crippen molar-refractivity contribution in [1.29, 1.82) is 0 Å². The van der Waals surface area contributed by atoms with E-state index in [1.165, 1.54) is 17.0 Å². The number of carbonyl (C=O) groups is 1. The van der Waals surface area contributed by atoms with Crippen LogP contribution in [0, 0.1) is 12.7 Å². The fourth-order valence-electron chi connectivity index (χ4n) is 2.09. The van der Waals surface area contributed by atoms with Gasteiger partial charge in [-0.15, -0.1) is 5.10 Å². The first-order chi connectivity index (χ1) is 10.5. The van der Waals surface area contributed by atoms with Crippen molar-refractivity contribution in [3.8, 4) is 5.69 Å². The molecule has 0 bridgehead atoms. The number of carbonyl (C=O) groups excluding carboxylic acids is 1. The molecule has 0 aliphatic rings. The second-order valence-corrected chi connectivity index (χ2v) is 4.79. The fraction of sp³-hybridized carbons (Fsp3) is 0.333. The first-order valence-corrected chi connectivity index (χ1v) is 7.04. The summed E-state index contributed by atoms with van der Waals surface area (Å²) in [5.74, 6) is 0.0906. The van der Waals surface area contributed by atoms with Crippen molar-refractivity contribution in [2.24, 2.45) is 0 Å². The third kappa shape index (κ3) is 3.62. The van der Waals surface area contributed by atoms with Crippen molar-refractivity contribution in [3.63, 3.8) is 0 Å². The SMILES string of the molecule is CCN(CCO)C(=O)Nc1cc(C)n(-c2ccc(F)cc2)n1. The molecule has 0 unspecified atom stereocenters. The van der Waals surface area contributed by atoms with E-state index in [1.807, 2.05) is 13.8 Å². The summed E-state index contributed by atoms with van der Waals surface area (Å²) in [5, 5.41) is 15.9. The Morgan fingerprint density at radius 3 is 2.68 bits per heavy atom. The predicted molar refractivity (Wildman–Crippen MR) is 81.6 cm³/mol. The van der Waals surface area contributed by atoms with Crippen molar-refractivity contribution in [2.75, 3.05) is 25.0 Å². The van der Waals surface area contributed by atoms with Crippen LogP contribution in [0.2, 0.25) is 0 Å². The summed E-state index contributed by atoms with van der Waals surface area (Å²) in [5.41, 5.74) is 1.52. The number of aliphatic hydroxyl groups is 1. The molecule has 0 spiro atoms. The summed E-state index contributed by atoms with van der Waals surface area (Å²) < 4.78 is 14.6. The molecule has 0 atom stereocenters. The summed E-state index contributed by atoms with van der Waals surface area (Å²) >= 11 is 0. The van der Waals surface area contributed by atoms with Crippen molar-refractivity contribution < 1.29 is 14.3 Å². The molecular weight excluding hydrogens is 287 g/mol. The van der Waals surface area contributed by atoms with Gasteiger partial charge in [-0.1, -0.05) is 0 Å². The minimum atomic E-state index is -0.319. The molecule has 7 heteroatoms. The summed E-state index contributed by atoms with van der Waals surface area (Å²) in [4.78, 5) is 13.5. The summed E-state index contributed by atoms with van der Waals surface area (Å²) in [7, 11) is 0. The zero-order valence-corrected chi connectivity index (χ0v) is 12.6. The Kier molecular flexibility index (Phi) is 5.11. The summed E-state index contributed by atoms with van der Waals surface area (Å²) in [6.45, 7) is 4.34. The number of hydrogen-bond donors (Lipinski definition) is 2. The first-order valence-electron chi connectivity index (χ1n) is 7.04. The Bertz CT molecular complexity index is 639. The Morgan fingerprint density at radius 1 is 1.41 bits per heavy atom. The topological polar surface area (TPSA) is 70.4 Å². The number of anilines is 1. The van der Waals surface area contributed by atoms with E-state index in [0.29, 0.717) is 18.1 Å². The van der Waals surface area contributed by atoms with Gasteiger partial charge in [-0.05, 0) is 38.1 Å². The number of aliphatic hydroxyl groups excluding tert-OH is 1. The largest absolute Gasteiger partial charge is 0.395 e. The first kappa shape index (κ1) is 16.0. The zero-order chi connectivity index (χ0) is 16.1. The van der Waals surface area contributed by atoms with Crippen molar-refractivity contribution in [2.45, 2.75) is 13.8 Å². The van der Waals surface area contributed by atoms with Crippen LogP contribution in [-0.4, -0.2) is 45.5 Å². The molecule has 6 nitrogen and oxygen atoms in total. The van der Waals surface area contributed by atoms with Crippen LogP contribution in [0.4, 0.5) is 15.0 Å². The molecule has 0 aliphatic heterocycles. The lowest BCUT2D eigenvalue weighted by Crippen LogP contribution is -2.36. The third-order valence-corrected chi connectivity index (χ3v) is 3.23. The monoisotopic (exact) mass is 306 g/mol. The number of nitrogens with one attached hydrogen (secondary N) is 1. The molecule has 0 saturated heterocycles. The Hall–Kier alpha value is -2.41. The number of likely N-dealkylation sites (N-methyl/N-ethyl adjacent to an activating group) is 1. The van der Waals surface area contributed by atoms with E-state index >= 15 is 0 Å². The molecule has 0 fully saturated rings. The van der Waals surface area contributed by atoms with E-state index in [9.17, 15) is 9.18 Å². The number of urea groups is 1. The number of rotatable bonds is 5. The minimum Gasteiger partial charge on any atom is -0.395 e. The van der Waals surface area contributed by atoms with Gasteiger partial charge in [0.2, 0.25) is 0 Å². The lowest BCUT2D eigenvalue weighted by atomic mass is 10.3. The van der Waals surface area contributed by atoms with Crippen LogP contribution in [0.15, 0.2) is 30.3 Å². The number of benzene rings is 1. The standard InChI is InChI=1S/C15H19FN4O2/c1-3-19(8-9-21)15(22)17-14-10-11(2)20(18-14)13-6-4-12(16)5-7-13/h4-7,10,21H,3,8-9H2,1-2H3,(H,17,18,22). The highest BCUT2D eigenvalue weighted by atomic mass is 19.1. The van der Waals surface area contributed by atoms with Crippen molar-refractivity contribution in [3.05, 3.63) is 41.8 Å². The average Bonchev–Trinajstić information content (AvgIpc) is 2.86. The molecule has 0 radical (unpaired) electrons. The normalized spacial score (nSPS) is 10.5. The van der Waals surface area contributed by atoms with Gasteiger partial charge in [0.25, 0.3) is 0 Å². The van der Waals surface area contributed by atoms with Gasteiger partial charge in [-0.2, -0.15) is 0 Å². The van der Waals surface area contributed by atoms with Crippen molar-refractivity contribution in [1.82, 2.24) is 14.7 Å². The minimum absolute atomic E-state index is 0.0929. The van der Waals surface area contributed by atoms with E-state index in [4.69, 9.17) is 5.11 Å². The zero-order valence-electron chi connectivity index (χ0n) is 12.6. The Morgan fingerprint density at radius 2 is 2.09 bits per heavy atom. The second-order valence-electron chi connectivity index (χ2n) is 4.79. The quantitative estimate of drug-likeness (QED) is 0.889. The van der Waals surface area contributed by atoms with E-state index in [1.54, 1.807) is 22.9 Å². The smallest absolute Gasteiger partial charge is 0.323 e. The number of halogens is 1. The van der Waals surface area contributed by atoms with Crippen LogP contribution in [0.3, 0.4) is 0 Å². The maximum absolute atomic E-state index is 13.0. The molecular formula is C15H19FN4O2. The van der Waals surface area contributed by atoms with Gasteiger partial charge in [0, 0.05) is 24.8 Å². The number of aryl methyl sites for hydroxylation is 1. The number of hydrogen-bond acceptors (Lipinski definition) is 3. The molecule has 1 aromatic heterocycles. The Balaban J connectivity index is 2.16. The fourth-order valence-corrected chi connectivity index (χ4v) is 2.09. The van der Waals surface area contributed by atoms with Crippen LogP contribution in [0.1, 0.15) is 12.6 Å². The molecule has 118 valence electrons. The van der Waals surface area contributed by atoms with Crippen molar-refractivity contribution >= 4 is 11.8 Å². The molecule has 2 amide bonds. The number of amides is 2. The summed E-state index contributed by atoms with van der Waals surface area (Å²) in [6, 6.07) is 7.36. The van der Waals surface area contributed by atoms with Crippen LogP contribution >= 0.6 is 0 Å². The van der Waals surface area contributed by atoms with Gasteiger partial charge in [0.15, 0.2) is 5.82 Å². The van der Waals surface area contributed by atoms with E-state index in [0.717, 1.165) is 5.69 Å². The number of aromatic nitrogens is 2. The highest BCUT2D eigenvalue weighted by Gasteiger charge is 2.14. The second kappa shape index (κ2) is 7.04. The van der Waals surface area contributed by atoms with Crippen LogP contribution in [0.25, 0.3) is 5.69 Å². The molecule has 22 heavy (non-hydrogen) atoms. The molecule has 2 rings (SSSR count). The highest BCUT2D eigenvalue weighted by Crippen LogP contribution is 2.15. The van der Waals surface area contributed by atoms with E-state index < -0.39 is 0 Å². The lowest BCUT2D eigenvalue weighted by molar-refractivity contribution is 0.192. The maximum atomic E-state index is 13.0. The van der Waals surface area contributed by atoms with Crippen LogP contribution < -0.4 is 5.32 Å². The highest BCUT2D eigenvalue weighted by molar-refractivity contribution is 5.88. The lowest BCUT2D eigenvalue weighted by Gasteiger charge is -2.19. The van der Waals surface area contributed by atoms with Gasteiger partial charge < -0.3 is 10.0 Å². The van der Waals surface area contributed by atoms with E-state index in [2.05, 4.69) is 10.4 Å². The van der Waals surface area contributed by atoms with Gasteiger partial charge >= 0.3 is 6.03 Å². The van der Waals surface area contributed by atoms with Crippen LogP contribution in [0.5, 0.6) is 0 Å². The van der Waals surface area contributed by atoms with Gasteiger partial charge in [0.1, 0.15) is 5.82 Å². The molecule has 1 heterocycles. The van der Waals surface area contributed by atoms with Gasteiger partial charge in [-0.25, -0.2) is 13.9 Å². The molecule has 1 aromatic carbocycles. The van der Waals surface area contributed by atoms with Crippen LogP contribution in [-0.2, 0) is 0 Å². The number of nitrogens with zero attached hydrogens (tertiary/aromatic N) is 3. The van der Waals surface area contributed by atoms with Gasteiger partial charge in [0.05, 0.1) is 12.3 Å². The molecule has 2 aromatic rings. The third-order valence-electron chi connectivity index (χ3n) is 3.23. The molecule has 2 N–H and O–H groups in total. The van der Waals surface area contributed by atoms with E-state index in [-0.39, 0.29) is 25.0 Å². The average molecular weight is 306 g/mol. The van der Waals surface area contributed by atoms with Gasteiger partial charge in [-0.3, -0.25) is 5.32 Å². The molecule has 0 aliphatic carbocycles. The maximum Gasteiger partial charge on any atom is 0.323 e.